The summed E-state index contributed by atoms with van der Waals surface area (Å²) in [5, 5.41) is 12.8. The number of anilines is 1. The molecule has 1 aromatic heterocycles. The fraction of sp³-hybridized carbons (Fsp3) is 0.308. The third-order valence-electron chi connectivity index (χ3n) is 2.44. The maximum Gasteiger partial charge on any atom is 0.126 e. The Balaban J connectivity index is 1.95. The summed E-state index contributed by atoms with van der Waals surface area (Å²) in [7, 11) is 0. The fourth-order valence-corrected chi connectivity index (χ4v) is 1.99. The van der Waals surface area contributed by atoms with Crippen molar-refractivity contribution >= 4 is 32.7 Å². The molecule has 18 heavy (non-hydrogen) atoms. The number of benzene rings is 1. The number of aliphatic hydroxyl groups is 1. The quantitative estimate of drug-likeness (QED) is 0.805. The highest BCUT2D eigenvalue weighted by molar-refractivity contribution is 9.10. The molecule has 1 aromatic carbocycles. The standard InChI is InChI=1S/C13H15BrN2O2/c14-11-2-3-12-10(9-11)1-4-13(16-12)15-5-7-18-8-6-17/h1-4,9,17H,5-8H2,(H,15,16). The van der Waals surface area contributed by atoms with Gasteiger partial charge in [0.1, 0.15) is 5.82 Å². The SMILES string of the molecule is OCCOCCNc1ccc2cc(Br)ccc2n1. The molecule has 2 rings (SSSR count). The molecule has 0 bridgehead atoms. The topological polar surface area (TPSA) is 54.4 Å². The van der Waals surface area contributed by atoms with Crippen molar-refractivity contribution in [1.29, 1.82) is 0 Å². The zero-order chi connectivity index (χ0) is 12.8. The number of aliphatic hydroxyl groups excluding tert-OH is 1. The van der Waals surface area contributed by atoms with Gasteiger partial charge in [-0.2, -0.15) is 0 Å². The minimum Gasteiger partial charge on any atom is -0.394 e. The van der Waals surface area contributed by atoms with Crippen LogP contribution in [0.1, 0.15) is 0 Å². The van der Waals surface area contributed by atoms with Crippen LogP contribution in [0.3, 0.4) is 0 Å². The minimum absolute atomic E-state index is 0.0586. The molecular formula is C13H15BrN2O2. The molecule has 96 valence electrons. The van der Waals surface area contributed by atoms with Crippen LogP contribution in [0.5, 0.6) is 0 Å². The van der Waals surface area contributed by atoms with E-state index in [9.17, 15) is 0 Å². The summed E-state index contributed by atoms with van der Waals surface area (Å²) in [6.07, 6.45) is 0. The van der Waals surface area contributed by atoms with Crippen molar-refractivity contribution in [3.63, 3.8) is 0 Å². The van der Waals surface area contributed by atoms with Crippen molar-refractivity contribution in [2.24, 2.45) is 0 Å². The summed E-state index contributed by atoms with van der Waals surface area (Å²) in [6.45, 7) is 1.67. The first-order valence-electron chi connectivity index (χ1n) is 5.78. The lowest BCUT2D eigenvalue weighted by molar-refractivity contribution is 0.0992. The number of halogens is 1. The Hall–Kier alpha value is -1.17. The number of fused-ring (bicyclic) bond motifs is 1. The van der Waals surface area contributed by atoms with Crippen LogP contribution in [0.4, 0.5) is 5.82 Å². The van der Waals surface area contributed by atoms with E-state index < -0.39 is 0 Å². The van der Waals surface area contributed by atoms with Gasteiger partial charge >= 0.3 is 0 Å². The molecule has 0 atom stereocenters. The first-order valence-corrected chi connectivity index (χ1v) is 6.58. The Kier molecular flexibility index (Phi) is 4.92. The number of hydrogen-bond donors (Lipinski definition) is 2. The Labute approximate surface area is 114 Å². The van der Waals surface area contributed by atoms with Crippen LogP contribution in [-0.4, -0.2) is 36.5 Å². The van der Waals surface area contributed by atoms with Crippen LogP contribution in [0.2, 0.25) is 0 Å². The van der Waals surface area contributed by atoms with E-state index in [2.05, 4.69) is 26.2 Å². The molecule has 0 amide bonds. The van der Waals surface area contributed by atoms with Crippen LogP contribution < -0.4 is 5.32 Å². The average molecular weight is 311 g/mol. The first kappa shape index (κ1) is 13.3. The zero-order valence-corrected chi connectivity index (χ0v) is 11.5. The molecule has 4 nitrogen and oxygen atoms in total. The number of aromatic nitrogens is 1. The van der Waals surface area contributed by atoms with Gasteiger partial charge < -0.3 is 15.2 Å². The molecule has 0 radical (unpaired) electrons. The van der Waals surface area contributed by atoms with Crippen molar-refractivity contribution in [3.05, 3.63) is 34.8 Å². The molecule has 1 heterocycles. The van der Waals surface area contributed by atoms with E-state index in [-0.39, 0.29) is 6.61 Å². The van der Waals surface area contributed by atoms with E-state index >= 15 is 0 Å². The summed E-state index contributed by atoms with van der Waals surface area (Å²) >= 11 is 3.44. The fourth-order valence-electron chi connectivity index (χ4n) is 1.61. The van der Waals surface area contributed by atoms with E-state index in [1.165, 1.54) is 0 Å². The summed E-state index contributed by atoms with van der Waals surface area (Å²) in [6, 6.07) is 9.97. The molecule has 0 aliphatic heterocycles. The summed E-state index contributed by atoms with van der Waals surface area (Å²) in [4.78, 5) is 4.50. The van der Waals surface area contributed by atoms with Gasteiger partial charge in [-0.25, -0.2) is 4.98 Å². The monoisotopic (exact) mass is 310 g/mol. The van der Waals surface area contributed by atoms with Crippen LogP contribution in [0, 0.1) is 0 Å². The van der Waals surface area contributed by atoms with Crippen molar-refractivity contribution in [2.45, 2.75) is 0 Å². The number of rotatable bonds is 6. The van der Waals surface area contributed by atoms with Gasteiger partial charge in [-0.1, -0.05) is 15.9 Å². The highest BCUT2D eigenvalue weighted by atomic mass is 79.9. The average Bonchev–Trinajstić information content (AvgIpc) is 2.38. The van der Waals surface area contributed by atoms with Gasteiger partial charge in [0.15, 0.2) is 0 Å². The normalized spacial score (nSPS) is 10.8. The lowest BCUT2D eigenvalue weighted by atomic mass is 10.2. The predicted octanol–water partition coefficient (Wildman–Crippen LogP) is 2.42. The molecule has 0 saturated heterocycles. The van der Waals surface area contributed by atoms with E-state index in [0.29, 0.717) is 19.8 Å². The molecule has 0 saturated carbocycles. The van der Waals surface area contributed by atoms with Gasteiger partial charge in [0.2, 0.25) is 0 Å². The van der Waals surface area contributed by atoms with Gasteiger partial charge in [-0.05, 0) is 30.3 Å². The molecule has 0 fully saturated rings. The number of pyridine rings is 1. The van der Waals surface area contributed by atoms with E-state index in [1.807, 2.05) is 30.3 Å². The lowest BCUT2D eigenvalue weighted by Crippen LogP contribution is -2.12. The molecular weight excluding hydrogens is 296 g/mol. The minimum atomic E-state index is 0.0586. The third kappa shape index (κ3) is 3.66. The van der Waals surface area contributed by atoms with Crippen LogP contribution in [0.25, 0.3) is 10.9 Å². The van der Waals surface area contributed by atoms with Crippen molar-refractivity contribution < 1.29 is 9.84 Å². The first-order chi connectivity index (χ1) is 8.79. The molecule has 5 heteroatoms. The van der Waals surface area contributed by atoms with Crippen LogP contribution in [0.15, 0.2) is 34.8 Å². The second-order valence-corrected chi connectivity index (χ2v) is 4.71. The second kappa shape index (κ2) is 6.68. The van der Waals surface area contributed by atoms with E-state index in [0.717, 1.165) is 21.2 Å². The zero-order valence-electron chi connectivity index (χ0n) is 9.90. The van der Waals surface area contributed by atoms with Gasteiger partial charge in [-0.3, -0.25) is 0 Å². The largest absolute Gasteiger partial charge is 0.394 e. The summed E-state index contributed by atoms with van der Waals surface area (Å²) < 4.78 is 6.21. The Morgan fingerprint density at radius 1 is 1.22 bits per heavy atom. The molecule has 2 aromatic rings. The van der Waals surface area contributed by atoms with Gasteiger partial charge in [0.25, 0.3) is 0 Å². The second-order valence-electron chi connectivity index (χ2n) is 3.80. The Morgan fingerprint density at radius 2 is 2.11 bits per heavy atom. The lowest BCUT2D eigenvalue weighted by Gasteiger charge is -2.07. The summed E-state index contributed by atoms with van der Waals surface area (Å²) in [5.74, 6) is 0.831. The molecule has 0 aliphatic carbocycles. The number of nitrogens with zero attached hydrogens (tertiary/aromatic N) is 1. The molecule has 0 unspecified atom stereocenters. The van der Waals surface area contributed by atoms with Crippen molar-refractivity contribution in [1.82, 2.24) is 4.98 Å². The number of hydrogen-bond acceptors (Lipinski definition) is 4. The molecule has 0 spiro atoms. The number of nitrogens with one attached hydrogen (secondary N) is 1. The maximum absolute atomic E-state index is 8.56. The summed E-state index contributed by atoms with van der Waals surface area (Å²) in [5.41, 5.74) is 0.958. The predicted molar refractivity (Wildman–Crippen MR) is 75.8 cm³/mol. The Bertz CT molecular complexity index is 519. The van der Waals surface area contributed by atoms with Crippen LogP contribution >= 0.6 is 15.9 Å². The highest BCUT2D eigenvalue weighted by Crippen LogP contribution is 2.19. The van der Waals surface area contributed by atoms with Gasteiger partial charge in [0, 0.05) is 16.4 Å². The smallest absolute Gasteiger partial charge is 0.126 e. The maximum atomic E-state index is 8.56. The Morgan fingerprint density at radius 3 is 2.94 bits per heavy atom. The van der Waals surface area contributed by atoms with E-state index in [1.54, 1.807) is 0 Å². The van der Waals surface area contributed by atoms with Crippen LogP contribution in [-0.2, 0) is 4.74 Å². The third-order valence-corrected chi connectivity index (χ3v) is 2.93. The van der Waals surface area contributed by atoms with Gasteiger partial charge in [0.05, 0.1) is 25.3 Å². The highest BCUT2D eigenvalue weighted by Gasteiger charge is 1.98. The van der Waals surface area contributed by atoms with Crippen molar-refractivity contribution in [3.8, 4) is 0 Å². The molecule has 0 aliphatic rings. The number of ether oxygens (including phenoxy) is 1. The van der Waals surface area contributed by atoms with Gasteiger partial charge in [-0.15, -0.1) is 0 Å². The van der Waals surface area contributed by atoms with E-state index in [4.69, 9.17) is 9.84 Å². The molecule has 2 N–H and O–H groups in total. The van der Waals surface area contributed by atoms with Crippen molar-refractivity contribution in [2.75, 3.05) is 31.7 Å².